The van der Waals surface area contributed by atoms with Crippen molar-refractivity contribution in [1.29, 1.82) is 0 Å². The SMILES string of the molecule is COCC(C)N1CCCCCC1CC(C)O. The number of ether oxygens (including phenoxy) is 1. The summed E-state index contributed by atoms with van der Waals surface area (Å²) < 4.78 is 5.25. The molecule has 0 aromatic carbocycles. The summed E-state index contributed by atoms with van der Waals surface area (Å²) in [6, 6.07) is 1.000. The fraction of sp³-hybridized carbons (Fsp3) is 1.00. The molecule has 0 aromatic heterocycles. The van der Waals surface area contributed by atoms with Gasteiger partial charge in [-0.2, -0.15) is 0 Å². The first-order valence-corrected chi connectivity index (χ1v) is 6.58. The van der Waals surface area contributed by atoms with Gasteiger partial charge in [0.05, 0.1) is 12.7 Å². The van der Waals surface area contributed by atoms with Crippen molar-refractivity contribution in [3.8, 4) is 0 Å². The Morgan fingerprint density at radius 3 is 2.69 bits per heavy atom. The highest BCUT2D eigenvalue weighted by Crippen LogP contribution is 2.22. The summed E-state index contributed by atoms with van der Waals surface area (Å²) in [7, 11) is 1.76. The van der Waals surface area contributed by atoms with Gasteiger partial charge in [-0.3, -0.25) is 4.90 Å². The minimum absolute atomic E-state index is 0.194. The Labute approximate surface area is 99.8 Å². The second-order valence-corrected chi connectivity index (χ2v) is 5.13. The number of nitrogens with zero attached hydrogens (tertiary/aromatic N) is 1. The van der Waals surface area contributed by atoms with Crippen LogP contribution in [0.2, 0.25) is 0 Å². The number of aliphatic hydroxyl groups is 1. The van der Waals surface area contributed by atoms with Gasteiger partial charge in [0.1, 0.15) is 0 Å². The zero-order chi connectivity index (χ0) is 12.0. The third kappa shape index (κ3) is 4.40. The van der Waals surface area contributed by atoms with E-state index in [1.165, 1.54) is 25.7 Å². The van der Waals surface area contributed by atoms with Crippen molar-refractivity contribution in [2.45, 2.75) is 64.1 Å². The predicted molar refractivity (Wildman–Crippen MR) is 66.6 cm³/mol. The number of rotatable bonds is 5. The first kappa shape index (κ1) is 13.9. The van der Waals surface area contributed by atoms with Crippen LogP contribution in [0.15, 0.2) is 0 Å². The molecule has 1 fully saturated rings. The summed E-state index contributed by atoms with van der Waals surface area (Å²) in [5.41, 5.74) is 0. The van der Waals surface area contributed by atoms with Crippen LogP contribution in [-0.2, 0) is 4.74 Å². The number of aliphatic hydroxyl groups excluding tert-OH is 1. The molecule has 1 N–H and O–H groups in total. The van der Waals surface area contributed by atoms with E-state index in [1.54, 1.807) is 7.11 Å². The van der Waals surface area contributed by atoms with Crippen LogP contribution in [0.4, 0.5) is 0 Å². The van der Waals surface area contributed by atoms with E-state index in [9.17, 15) is 5.11 Å². The van der Waals surface area contributed by atoms with E-state index in [0.29, 0.717) is 12.1 Å². The molecule has 96 valence electrons. The molecule has 3 atom stereocenters. The van der Waals surface area contributed by atoms with E-state index in [0.717, 1.165) is 19.6 Å². The van der Waals surface area contributed by atoms with Crippen molar-refractivity contribution in [3.63, 3.8) is 0 Å². The lowest BCUT2D eigenvalue weighted by Gasteiger charge is -2.35. The van der Waals surface area contributed by atoms with Crippen molar-refractivity contribution >= 4 is 0 Å². The van der Waals surface area contributed by atoms with Gasteiger partial charge >= 0.3 is 0 Å². The molecule has 3 heteroatoms. The summed E-state index contributed by atoms with van der Waals surface area (Å²) in [6.07, 6.45) is 5.83. The zero-order valence-electron chi connectivity index (χ0n) is 11.0. The van der Waals surface area contributed by atoms with Crippen molar-refractivity contribution in [2.75, 3.05) is 20.3 Å². The maximum Gasteiger partial charge on any atom is 0.0615 e. The Balaban J connectivity index is 2.57. The summed E-state index contributed by atoms with van der Waals surface area (Å²) in [5.74, 6) is 0. The van der Waals surface area contributed by atoms with Crippen LogP contribution in [0.3, 0.4) is 0 Å². The Hall–Kier alpha value is -0.120. The monoisotopic (exact) mass is 229 g/mol. The molecule has 1 aliphatic heterocycles. The van der Waals surface area contributed by atoms with E-state index in [-0.39, 0.29) is 6.10 Å². The molecule has 1 aliphatic rings. The molecule has 0 aromatic rings. The fourth-order valence-corrected chi connectivity index (χ4v) is 2.76. The highest BCUT2D eigenvalue weighted by Gasteiger charge is 2.25. The van der Waals surface area contributed by atoms with E-state index in [2.05, 4.69) is 11.8 Å². The third-order valence-corrected chi connectivity index (χ3v) is 3.51. The standard InChI is InChI=1S/C13H27NO2/c1-11(10-16-3)14-8-6-4-5-7-13(14)9-12(2)15/h11-13,15H,4-10H2,1-3H3. The van der Waals surface area contributed by atoms with E-state index in [1.807, 2.05) is 6.92 Å². The quantitative estimate of drug-likeness (QED) is 0.783. The van der Waals surface area contributed by atoms with Crippen LogP contribution in [0.25, 0.3) is 0 Å². The van der Waals surface area contributed by atoms with Gasteiger partial charge in [-0.15, -0.1) is 0 Å². The maximum atomic E-state index is 9.57. The summed E-state index contributed by atoms with van der Waals surface area (Å²) in [5, 5.41) is 9.57. The highest BCUT2D eigenvalue weighted by molar-refractivity contribution is 4.80. The van der Waals surface area contributed by atoms with Crippen LogP contribution in [0.1, 0.15) is 46.0 Å². The van der Waals surface area contributed by atoms with Crippen LogP contribution in [0.5, 0.6) is 0 Å². The first-order valence-electron chi connectivity index (χ1n) is 6.58. The van der Waals surface area contributed by atoms with Gasteiger partial charge in [-0.25, -0.2) is 0 Å². The molecule has 0 saturated carbocycles. The van der Waals surface area contributed by atoms with E-state index >= 15 is 0 Å². The number of hydrogen-bond acceptors (Lipinski definition) is 3. The normalized spacial score (nSPS) is 27.4. The minimum Gasteiger partial charge on any atom is -0.393 e. The number of hydrogen-bond donors (Lipinski definition) is 1. The van der Waals surface area contributed by atoms with Crippen LogP contribution in [-0.4, -0.2) is 48.5 Å². The van der Waals surface area contributed by atoms with Crippen molar-refractivity contribution in [1.82, 2.24) is 4.90 Å². The molecule has 16 heavy (non-hydrogen) atoms. The summed E-state index contributed by atoms with van der Waals surface area (Å²) >= 11 is 0. The second-order valence-electron chi connectivity index (χ2n) is 5.13. The van der Waals surface area contributed by atoms with Gasteiger partial charge in [-0.1, -0.05) is 12.8 Å². The molecule has 0 spiro atoms. The maximum absolute atomic E-state index is 9.57. The summed E-state index contributed by atoms with van der Waals surface area (Å²) in [6.45, 7) is 6.06. The van der Waals surface area contributed by atoms with Gasteiger partial charge in [0.2, 0.25) is 0 Å². The van der Waals surface area contributed by atoms with Gasteiger partial charge < -0.3 is 9.84 Å². The third-order valence-electron chi connectivity index (χ3n) is 3.51. The Kier molecular flexibility index (Phi) is 6.32. The molecule has 3 unspecified atom stereocenters. The van der Waals surface area contributed by atoms with Crippen LogP contribution in [0, 0.1) is 0 Å². The molecule has 1 saturated heterocycles. The molecule has 0 amide bonds. The highest BCUT2D eigenvalue weighted by atomic mass is 16.5. The molecular weight excluding hydrogens is 202 g/mol. The Morgan fingerprint density at radius 1 is 1.31 bits per heavy atom. The van der Waals surface area contributed by atoms with Gasteiger partial charge in [0.25, 0.3) is 0 Å². The average Bonchev–Trinajstić information content (AvgIpc) is 2.43. The van der Waals surface area contributed by atoms with Crippen molar-refractivity contribution < 1.29 is 9.84 Å². The van der Waals surface area contributed by atoms with Crippen molar-refractivity contribution in [3.05, 3.63) is 0 Å². The predicted octanol–water partition coefficient (Wildman–Crippen LogP) is 2.04. The number of likely N-dealkylation sites (tertiary alicyclic amines) is 1. The van der Waals surface area contributed by atoms with Crippen LogP contribution < -0.4 is 0 Å². The van der Waals surface area contributed by atoms with Crippen molar-refractivity contribution in [2.24, 2.45) is 0 Å². The van der Waals surface area contributed by atoms with Crippen LogP contribution >= 0.6 is 0 Å². The van der Waals surface area contributed by atoms with Gasteiger partial charge in [0.15, 0.2) is 0 Å². The molecule has 0 bridgehead atoms. The molecule has 1 rings (SSSR count). The van der Waals surface area contributed by atoms with E-state index in [4.69, 9.17) is 4.74 Å². The number of methoxy groups -OCH3 is 1. The second kappa shape index (κ2) is 7.25. The fourth-order valence-electron chi connectivity index (χ4n) is 2.76. The average molecular weight is 229 g/mol. The lowest BCUT2D eigenvalue weighted by Crippen LogP contribution is -2.44. The topological polar surface area (TPSA) is 32.7 Å². The minimum atomic E-state index is -0.194. The molecule has 0 aliphatic carbocycles. The Bertz CT molecular complexity index is 185. The molecular formula is C13H27NO2. The van der Waals surface area contributed by atoms with Gasteiger partial charge in [-0.05, 0) is 39.7 Å². The summed E-state index contributed by atoms with van der Waals surface area (Å²) in [4.78, 5) is 2.53. The largest absolute Gasteiger partial charge is 0.393 e. The first-order chi connectivity index (χ1) is 7.65. The smallest absolute Gasteiger partial charge is 0.0615 e. The van der Waals surface area contributed by atoms with E-state index < -0.39 is 0 Å². The molecule has 3 nitrogen and oxygen atoms in total. The lowest BCUT2D eigenvalue weighted by atomic mass is 10.0. The van der Waals surface area contributed by atoms with Gasteiger partial charge in [0, 0.05) is 19.2 Å². The molecule has 0 radical (unpaired) electrons. The zero-order valence-corrected chi connectivity index (χ0v) is 11.0. The lowest BCUT2D eigenvalue weighted by molar-refractivity contribution is 0.0484. The Morgan fingerprint density at radius 2 is 2.06 bits per heavy atom. The molecule has 1 heterocycles.